The van der Waals surface area contributed by atoms with E-state index in [0.29, 0.717) is 6.42 Å². The fourth-order valence-electron chi connectivity index (χ4n) is 13.8. The highest BCUT2D eigenvalue weighted by Gasteiger charge is 2.44. The van der Waals surface area contributed by atoms with E-state index in [4.69, 9.17) is 9.47 Å². The average molecular weight is 1490 g/mol. The van der Waals surface area contributed by atoms with E-state index in [1.165, 1.54) is 97.5 Å². The number of amides is 11. The van der Waals surface area contributed by atoms with Gasteiger partial charge in [0.15, 0.2) is 0 Å². The third-order valence-corrected chi connectivity index (χ3v) is 19.9. The van der Waals surface area contributed by atoms with Gasteiger partial charge in [-0.1, -0.05) is 189 Å². The van der Waals surface area contributed by atoms with Crippen LogP contribution in [0, 0.1) is 41.4 Å². The van der Waals surface area contributed by atoms with Gasteiger partial charge in [-0.2, -0.15) is 0 Å². The lowest BCUT2D eigenvalue weighted by Gasteiger charge is -2.41. The van der Waals surface area contributed by atoms with Gasteiger partial charge in [0.25, 0.3) is 0 Å². The lowest BCUT2D eigenvalue weighted by atomic mass is 9.95. The average Bonchev–Trinajstić information content (AvgIpc) is 1.64. The van der Waals surface area contributed by atoms with E-state index in [1.807, 2.05) is 155 Å². The molecule has 107 heavy (non-hydrogen) atoms. The minimum absolute atomic E-state index is 0.00678. The van der Waals surface area contributed by atoms with Crippen LogP contribution >= 0.6 is 0 Å². The first kappa shape index (κ1) is 90.5. The molecule has 0 saturated carbocycles. The van der Waals surface area contributed by atoms with Crippen LogP contribution in [0.4, 0.5) is 4.79 Å². The topological polar surface area (TPSA) is 294 Å². The van der Waals surface area contributed by atoms with Crippen molar-refractivity contribution in [2.75, 3.05) is 62.5 Å². The molecule has 0 bridgehead atoms. The number of carbonyl (C=O) groups excluding carboxylic acids is 12. The first-order chi connectivity index (χ1) is 50.1. The molecule has 0 heterocycles. The van der Waals surface area contributed by atoms with Crippen molar-refractivity contribution >= 4 is 71.1 Å². The summed E-state index contributed by atoms with van der Waals surface area (Å²) >= 11 is 0. The molecule has 0 saturated heterocycles. The van der Waals surface area contributed by atoms with Gasteiger partial charge in [0.2, 0.25) is 59.1 Å². The zero-order valence-electron chi connectivity index (χ0n) is 68.3. The molecule has 0 aliphatic heterocycles. The van der Waals surface area contributed by atoms with Crippen LogP contribution in [0.15, 0.2) is 78.9 Å². The highest BCUT2D eigenvalue weighted by atomic mass is 16.5. The number of hydrogen-bond donors (Lipinski definition) is 4. The van der Waals surface area contributed by atoms with Gasteiger partial charge in [0, 0.05) is 55.3 Å². The SMILES string of the molecule is CCC[C@H](NC(=O)[C@H](CC(C)C)N(C)C(=O)[C@H](C(C)C)N(C)C(=O)[C@H](CC(C)C)N(C)C(=O)[C@H](CC(C)C)N(C)C(=O)[C@@H](C)NC(=O)OCC1c2ccccc2-c2ccccc21)C(=O)N(C)CC(=O)N(C)[C@@H](CC(C)C)C(=O)N[C@H](C(=O)N(C)[C@@H](CC(C)C)C(=O)N[C@@H](C)C(=O)OCc1ccccc1)C(C)C. The molecule has 4 rings (SSSR count). The molecule has 25 nitrogen and oxygen atoms in total. The van der Waals surface area contributed by atoms with Gasteiger partial charge in [0.1, 0.15) is 73.6 Å². The lowest BCUT2D eigenvalue weighted by molar-refractivity contribution is -0.156. The molecular weight excluding hydrogens is 1360 g/mol. The summed E-state index contributed by atoms with van der Waals surface area (Å²) in [4.78, 5) is 182. The van der Waals surface area contributed by atoms with E-state index >= 15 is 14.4 Å². The number of nitrogens with one attached hydrogen (secondary N) is 4. The van der Waals surface area contributed by atoms with E-state index in [-0.39, 0.29) is 87.2 Å². The Morgan fingerprint density at radius 2 is 0.813 bits per heavy atom. The largest absolute Gasteiger partial charge is 0.459 e. The fourth-order valence-corrected chi connectivity index (χ4v) is 13.8. The number of benzene rings is 3. The maximum atomic E-state index is 15.2. The quantitative estimate of drug-likeness (QED) is 0.0387. The number of carbonyl (C=O) groups is 12. The number of alkyl carbamates (subject to hydrolysis) is 1. The summed E-state index contributed by atoms with van der Waals surface area (Å²) in [6, 6.07) is 13.9. The van der Waals surface area contributed by atoms with Crippen molar-refractivity contribution in [3.63, 3.8) is 0 Å². The number of nitrogens with zero attached hydrogens (tertiary/aromatic N) is 7. The molecule has 1 aliphatic carbocycles. The standard InChI is InChI=1S/C82H127N11O14/c1-25-33-63(76(99)87(18)45-69(94)88(19)64(40-48(2)3)74(97)86-70(53(12)13)79(102)89(20)65(41-49(4)5)72(95)83-56(17)81(104)106-46-57-34-27-26-28-35-57)85-73(96)66(42-50(6)7)90(21)80(103)71(54(14)15)93(24)78(101)68(44-52(10)11)92(23)77(100)67(43-51(8)9)91(22)75(98)55(16)84-82(105)107-47-62-60-38-31-29-36-58(60)59-37-30-32-39-61(59)62/h26-32,34-39,48-56,62-68,70-71H,25,33,40-47H2,1-24H3,(H,83,95)(H,84,105)(H,85,96)(H,86,97)/t55-,56+,63+,64+,65+,66+,67+,68+,70+,71+/m1/s1. The van der Waals surface area contributed by atoms with Crippen LogP contribution in [0.3, 0.4) is 0 Å². The predicted molar refractivity (Wildman–Crippen MR) is 414 cm³/mol. The zero-order valence-corrected chi connectivity index (χ0v) is 68.3. The number of fused-ring (bicyclic) bond motifs is 3. The van der Waals surface area contributed by atoms with Crippen LogP contribution in [0.25, 0.3) is 11.1 Å². The minimum Gasteiger partial charge on any atom is -0.459 e. The Labute approximate surface area is 637 Å². The Bertz CT molecular complexity index is 3460. The summed E-state index contributed by atoms with van der Waals surface area (Å²) in [5.41, 5.74) is 4.96. The molecule has 0 unspecified atom stereocenters. The maximum absolute atomic E-state index is 15.2. The highest BCUT2D eigenvalue weighted by molar-refractivity contribution is 5.99. The van der Waals surface area contributed by atoms with E-state index in [1.54, 1.807) is 27.7 Å². The molecule has 10 atom stereocenters. The van der Waals surface area contributed by atoms with Gasteiger partial charge < -0.3 is 65.0 Å². The zero-order chi connectivity index (χ0) is 80.8. The smallest absolute Gasteiger partial charge is 0.407 e. The molecule has 594 valence electrons. The van der Waals surface area contributed by atoms with Crippen molar-refractivity contribution < 1.29 is 67.0 Å². The van der Waals surface area contributed by atoms with Crippen LogP contribution in [0.1, 0.15) is 185 Å². The Kier molecular flexibility index (Phi) is 35.5. The second-order valence-corrected chi connectivity index (χ2v) is 32.0. The Morgan fingerprint density at radius 1 is 0.402 bits per heavy atom. The van der Waals surface area contributed by atoms with Gasteiger partial charge in [-0.05, 0) is 122 Å². The number of hydrogen-bond acceptors (Lipinski definition) is 14. The van der Waals surface area contributed by atoms with Gasteiger partial charge >= 0.3 is 12.1 Å². The van der Waals surface area contributed by atoms with E-state index in [2.05, 4.69) is 21.3 Å². The molecule has 0 aromatic heterocycles. The van der Waals surface area contributed by atoms with Crippen molar-refractivity contribution in [1.82, 2.24) is 55.6 Å². The van der Waals surface area contributed by atoms with Gasteiger partial charge in [0.05, 0.1) is 6.54 Å². The summed E-state index contributed by atoms with van der Waals surface area (Å²) in [6.45, 7) is 30.4. The Balaban J connectivity index is 1.49. The molecule has 3 aromatic carbocycles. The fraction of sp³-hybridized carbons (Fsp3) is 0.634. The monoisotopic (exact) mass is 1490 g/mol. The van der Waals surface area contributed by atoms with Crippen molar-refractivity contribution in [2.45, 2.75) is 236 Å². The van der Waals surface area contributed by atoms with Crippen LogP contribution in [0.5, 0.6) is 0 Å². The first-order valence-electron chi connectivity index (χ1n) is 38.1. The summed E-state index contributed by atoms with van der Waals surface area (Å²) in [5, 5.41) is 11.2. The summed E-state index contributed by atoms with van der Waals surface area (Å²) in [6.07, 6.45) is 0.721. The van der Waals surface area contributed by atoms with E-state index in [0.717, 1.165) is 27.8 Å². The van der Waals surface area contributed by atoms with Crippen molar-refractivity contribution in [3.05, 3.63) is 95.6 Å². The second kappa shape index (κ2) is 42.0. The van der Waals surface area contributed by atoms with E-state index < -0.39 is 150 Å². The van der Waals surface area contributed by atoms with Crippen LogP contribution in [0.2, 0.25) is 0 Å². The third kappa shape index (κ3) is 25.4. The van der Waals surface area contributed by atoms with Crippen molar-refractivity contribution in [2.24, 2.45) is 41.4 Å². The first-order valence-corrected chi connectivity index (χ1v) is 38.1. The van der Waals surface area contributed by atoms with Crippen LogP contribution < -0.4 is 21.3 Å². The number of rotatable bonds is 40. The highest BCUT2D eigenvalue weighted by Crippen LogP contribution is 2.44. The van der Waals surface area contributed by atoms with Crippen LogP contribution in [-0.4, -0.2) is 228 Å². The van der Waals surface area contributed by atoms with Gasteiger partial charge in [-0.3, -0.25) is 47.9 Å². The molecule has 1 aliphatic rings. The van der Waals surface area contributed by atoms with Crippen molar-refractivity contribution in [1.29, 1.82) is 0 Å². The predicted octanol–water partition coefficient (Wildman–Crippen LogP) is 8.89. The molecule has 25 heteroatoms. The van der Waals surface area contributed by atoms with Gasteiger partial charge in [-0.25, -0.2) is 9.59 Å². The lowest BCUT2D eigenvalue weighted by Crippen LogP contribution is -2.61. The molecule has 0 radical (unpaired) electrons. The molecule has 3 aromatic rings. The summed E-state index contributed by atoms with van der Waals surface area (Å²) in [7, 11) is 10.3. The number of esters is 1. The van der Waals surface area contributed by atoms with Crippen LogP contribution in [-0.2, 0) is 68.8 Å². The van der Waals surface area contributed by atoms with Gasteiger partial charge in [-0.15, -0.1) is 0 Å². The number of ether oxygens (including phenoxy) is 2. The summed E-state index contributed by atoms with van der Waals surface area (Å²) in [5.74, 6) is -8.32. The number of likely N-dealkylation sites (N-methyl/N-ethyl adjacent to an activating group) is 7. The second-order valence-electron chi connectivity index (χ2n) is 32.0. The molecule has 4 N–H and O–H groups in total. The molecular formula is C82H127N11O14. The Morgan fingerprint density at radius 3 is 1.28 bits per heavy atom. The maximum Gasteiger partial charge on any atom is 0.407 e. The third-order valence-electron chi connectivity index (χ3n) is 19.9. The van der Waals surface area contributed by atoms with E-state index in [9.17, 15) is 43.2 Å². The molecule has 0 fully saturated rings. The minimum atomic E-state index is -1.17. The Hall–Kier alpha value is -8.90. The molecule has 11 amide bonds. The normalized spacial score (nSPS) is 14.8. The van der Waals surface area contributed by atoms with Crippen molar-refractivity contribution in [3.8, 4) is 11.1 Å². The summed E-state index contributed by atoms with van der Waals surface area (Å²) < 4.78 is 11.2. The molecule has 0 spiro atoms.